The predicted octanol–water partition coefficient (Wildman–Crippen LogP) is 3.21. The molecule has 7 atom stereocenters. The minimum atomic E-state index is -0.624. The molecule has 4 rings (SSSR count). The average Bonchev–Trinajstić information content (AvgIpc) is 2.73. The third kappa shape index (κ3) is 1.85. The first-order chi connectivity index (χ1) is 11.2. The van der Waals surface area contributed by atoms with Crippen LogP contribution in [0.1, 0.15) is 71.6 Å². The summed E-state index contributed by atoms with van der Waals surface area (Å²) < 4.78 is 0. The van der Waals surface area contributed by atoms with Crippen LogP contribution in [0.25, 0.3) is 0 Å². The fourth-order valence-electron chi connectivity index (χ4n) is 8.05. The van der Waals surface area contributed by atoms with Gasteiger partial charge in [-0.25, -0.2) is 0 Å². The lowest BCUT2D eigenvalue weighted by atomic mass is 9.40. The Morgan fingerprint density at radius 2 is 1.79 bits per heavy atom. The van der Waals surface area contributed by atoms with E-state index in [0.29, 0.717) is 5.92 Å². The maximum atomic E-state index is 12.1. The molecular weight excluding hydrogens is 304 g/mol. The molecule has 0 radical (unpaired) electrons. The first-order valence-corrected chi connectivity index (χ1v) is 9.75. The average molecular weight is 336 g/mol. The highest BCUT2D eigenvalue weighted by atomic mass is 16.4. The van der Waals surface area contributed by atoms with Gasteiger partial charge in [-0.05, 0) is 81.0 Å². The van der Waals surface area contributed by atoms with Crippen LogP contribution in [-0.2, 0) is 4.79 Å². The normalized spacial score (nSPS) is 56.4. The minimum absolute atomic E-state index is 0.0648. The van der Waals surface area contributed by atoms with Crippen molar-refractivity contribution in [2.24, 2.45) is 33.5 Å². The Morgan fingerprint density at radius 3 is 2.46 bits per heavy atom. The molecule has 0 aromatic rings. The number of aliphatic hydroxyl groups is 2. The Bertz CT molecular complexity index is 562. The number of fused-ring (bicyclic) bond motifs is 3. The molecule has 0 aromatic heterocycles. The van der Waals surface area contributed by atoms with Gasteiger partial charge in [-0.3, -0.25) is 4.79 Å². The highest BCUT2D eigenvalue weighted by Crippen LogP contribution is 2.73. The summed E-state index contributed by atoms with van der Waals surface area (Å²) >= 11 is 0. The molecule has 24 heavy (non-hydrogen) atoms. The second-order valence-electron chi connectivity index (χ2n) is 10.0. The van der Waals surface area contributed by atoms with E-state index in [9.17, 15) is 20.1 Å². The molecule has 1 spiro atoms. The first-order valence-electron chi connectivity index (χ1n) is 9.75. The molecule has 2 bridgehead atoms. The standard InChI is InChI=1S/C20H32O4/c1-17-6-3-7-18(2,16(23)24)13(17)4-8-19-10-15(22)20(11-19,12-21)9-5-14(17)19/h13-15,21-22H,3-12H2,1-2H3,(H,23,24)/t13-,14-,15?,17+,18+,19-,20-/m0/s1. The smallest absolute Gasteiger partial charge is 0.309 e. The van der Waals surface area contributed by atoms with E-state index >= 15 is 0 Å². The van der Waals surface area contributed by atoms with Gasteiger partial charge in [0.05, 0.1) is 18.1 Å². The van der Waals surface area contributed by atoms with Crippen LogP contribution in [-0.4, -0.2) is 34.0 Å². The monoisotopic (exact) mass is 336 g/mol. The van der Waals surface area contributed by atoms with Crippen LogP contribution in [0.4, 0.5) is 0 Å². The van der Waals surface area contributed by atoms with Crippen LogP contribution in [0.2, 0.25) is 0 Å². The van der Waals surface area contributed by atoms with Crippen molar-refractivity contribution in [1.82, 2.24) is 0 Å². The largest absolute Gasteiger partial charge is 0.481 e. The highest BCUT2D eigenvalue weighted by molar-refractivity contribution is 5.75. The molecule has 3 N–H and O–H groups in total. The Morgan fingerprint density at radius 1 is 1.08 bits per heavy atom. The van der Waals surface area contributed by atoms with Crippen LogP contribution in [0.15, 0.2) is 0 Å². The van der Waals surface area contributed by atoms with Crippen LogP contribution in [0.5, 0.6) is 0 Å². The number of carbonyl (C=O) groups is 1. The molecule has 4 aliphatic rings. The zero-order chi connectivity index (χ0) is 17.4. The first kappa shape index (κ1) is 16.8. The van der Waals surface area contributed by atoms with Crippen molar-refractivity contribution < 1.29 is 20.1 Å². The molecule has 0 amide bonds. The Balaban J connectivity index is 1.73. The lowest BCUT2D eigenvalue weighted by Gasteiger charge is -2.64. The summed E-state index contributed by atoms with van der Waals surface area (Å²) in [5, 5.41) is 30.6. The molecule has 0 heterocycles. The number of aliphatic hydroxyl groups excluding tert-OH is 2. The van der Waals surface area contributed by atoms with E-state index in [1.54, 1.807) is 0 Å². The van der Waals surface area contributed by atoms with Gasteiger partial charge in [0.25, 0.3) is 0 Å². The fourth-order valence-corrected chi connectivity index (χ4v) is 8.05. The predicted molar refractivity (Wildman–Crippen MR) is 90.3 cm³/mol. The highest BCUT2D eigenvalue weighted by Gasteiger charge is 2.68. The van der Waals surface area contributed by atoms with Gasteiger partial charge >= 0.3 is 5.97 Å². The van der Waals surface area contributed by atoms with Crippen LogP contribution >= 0.6 is 0 Å². The van der Waals surface area contributed by atoms with Crippen molar-refractivity contribution in [3.8, 4) is 0 Å². The van der Waals surface area contributed by atoms with Crippen molar-refractivity contribution in [2.45, 2.75) is 77.7 Å². The number of hydrogen-bond donors (Lipinski definition) is 3. The summed E-state index contributed by atoms with van der Waals surface area (Å²) in [7, 11) is 0. The topological polar surface area (TPSA) is 77.8 Å². The molecule has 0 aliphatic heterocycles. The van der Waals surface area contributed by atoms with Crippen molar-refractivity contribution in [3.63, 3.8) is 0 Å². The van der Waals surface area contributed by atoms with Crippen molar-refractivity contribution in [2.75, 3.05) is 6.61 Å². The maximum absolute atomic E-state index is 12.1. The van der Waals surface area contributed by atoms with E-state index in [1.807, 2.05) is 6.92 Å². The SMILES string of the molecule is C[C@@]12CCC[C@@](C)(C(=O)O)[C@H]1CC[C@@]13CC(O)[C@@](CO)(CC[C@H]12)C3. The lowest BCUT2D eigenvalue weighted by molar-refractivity contribution is -0.184. The molecule has 4 nitrogen and oxygen atoms in total. The van der Waals surface area contributed by atoms with E-state index in [0.717, 1.165) is 57.8 Å². The number of carboxylic acids is 1. The number of hydrogen-bond acceptors (Lipinski definition) is 3. The Kier molecular flexibility index (Phi) is 3.49. The maximum Gasteiger partial charge on any atom is 0.309 e. The summed E-state index contributed by atoms with van der Waals surface area (Å²) in [6.07, 6.45) is 8.20. The second-order valence-corrected chi connectivity index (χ2v) is 10.0. The van der Waals surface area contributed by atoms with Gasteiger partial charge < -0.3 is 15.3 Å². The zero-order valence-corrected chi connectivity index (χ0v) is 15.1. The summed E-state index contributed by atoms with van der Waals surface area (Å²) in [6.45, 7) is 4.41. The van der Waals surface area contributed by atoms with Crippen molar-refractivity contribution in [1.29, 1.82) is 0 Å². The van der Waals surface area contributed by atoms with Crippen LogP contribution in [0, 0.1) is 33.5 Å². The Hall–Kier alpha value is -0.610. The van der Waals surface area contributed by atoms with Crippen molar-refractivity contribution >= 4 is 5.97 Å². The van der Waals surface area contributed by atoms with Gasteiger partial charge in [0.2, 0.25) is 0 Å². The van der Waals surface area contributed by atoms with Gasteiger partial charge in [-0.1, -0.05) is 13.3 Å². The molecule has 136 valence electrons. The molecule has 0 aromatic carbocycles. The van der Waals surface area contributed by atoms with Gasteiger partial charge in [0.1, 0.15) is 0 Å². The van der Waals surface area contributed by atoms with Crippen LogP contribution in [0.3, 0.4) is 0 Å². The minimum Gasteiger partial charge on any atom is -0.481 e. The summed E-state index contributed by atoms with van der Waals surface area (Å²) in [5.41, 5.74) is -0.695. The molecule has 4 saturated carbocycles. The van der Waals surface area contributed by atoms with Gasteiger partial charge in [-0.2, -0.15) is 0 Å². The number of carboxylic acid groups (broad SMARTS) is 1. The van der Waals surface area contributed by atoms with E-state index < -0.39 is 11.4 Å². The molecular formula is C20H32O4. The van der Waals surface area contributed by atoms with Crippen molar-refractivity contribution in [3.05, 3.63) is 0 Å². The lowest BCUT2D eigenvalue weighted by Crippen LogP contribution is -2.58. The second kappa shape index (κ2) is 4.97. The molecule has 4 heteroatoms. The van der Waals surface area contributed by atoms with E-state index in [-0.39, 0.29) is 34.9 Å². The molecule has 4 fully saturated rings. The zero-order valence-electron chi connectivity index (χ0n) is 15.1. The quantitative estimate of drug-likeness (QED) is 0.723. The van der Waals surface area contributed by atoms with Gasteiger partial charge in [-0.15, -0.1) is 0 Å². The third-order valence-electron chi connectivity index (χ3n) is 9.19. The van der Waals surface area contributed by atoms with E-state index in [2.05, 4.69) is 6.92 Å². The third-order valence-corrected chi connectivity index (χ3v) is 9.19. The molecule has 4 aliphatic carbocycles. The van der Waals surface area contributed by atoms with Crippen LogP contribution < -0.4 is 0 Å². The Labute approximate surface area is 144 Å². The van der Waals surface area contributed by atoms with E-state index in [4.69, 9.17) is 0 Å². The fraction of sp³-hybridized carbons (Fsp3) is 0.950. The van der Waals surface area contributed by atoms with Gasteiger partial charge in [0, 0.05) is 5.41 Å². The summed E-state index contributed by atoms with van der Waals surface area (Å²) in [6, 6.07) is 0. The summed E-state index contributed by atoms with van der Waals surface area (Å²) in [4.78, 5) is 12.1. The van der Waals surface area contributed by atoms with E-state index in [1.165, 1.54) is 0 Å². The van der Waals surface area contributed by atoms with Gasteiger partial charge in [0.15, 0.2) is 0 Å². The molecule has 1 unspecified atom stereocenters. The number of rotatable bonds is 2. The molecule has 0 saturated heterocycles. The summed E-state index contributed by atoms with van der Waals surface area (Å²) in [5.74, 6) is 0.118. The number of aliphatic carboxylic acids is 1.